The fourth-order valence-electron chi connectivity index (χ4n) is 3.65. The molecule has 0 saturated carbocycles. The van der Waals surface area contributed by atoms with Crippen LogP contribution in [-0.2, 0) is 9.53 Å². The van der Waals surface area contributed by atoms with Gasteiger partial charge in [-0.1, -0.05) is 35.6 Å². The largest absolute Gasteiger partial charge is 0.463 e. The minimum absolute atomic E-state index is 0.000349. The van der Waals surface area contributed by atoms with Crippen LogP contribution < -0.4 is 19.6 Å². The third-order valence-corrected chi connectivity index (χ3v) is 6.09. The van der Waals surface area contributed by atoms with Gasteiger partial charge >= 0.3 is 12.6 Å². The van der Waals surface area contributed by atoms with E-state index >= 15 is 0 Å². The Hall–Kier alpha value is -3.66. The number of nitrogens with zero attached hydrogens (tertiary/aromatic N) is 2. The molecule has 0 N–H and O–H groups in total. The fraction of sp³-hybridized carbons (Fsp3) is 0.208. The van der Waals surface area contributed by atoms with Gasteiger partial charge in [-0.15, -0.1) is 0 Å². The van der Waals surface area contributed by atoms with Gasteiger partial charge < -0.3 is 9.47 Å². The van der Waals surface area contributed by atoms with Gasteiger partial charge in [-0.05, 0) is 55.3 Å². The summed E-state index contributed by atoms with van der Waals surface area (Å²) in [7, 11) is 0. The number of thiazole rings is 1. The van der Waals surface area contributed by atoms with Crippen molar-refractivity contribution >= 4 is 23.4 Å². The molecule has 3 aromatic rings. The maximum Gasteiger partial charge on any atom is 0.387 e. The second-order valence-corrected chi connectivity index (χ2v) is 8.31. The van der Waals surface area contributed by atoms with Crippen LogP contribution >= 0.6 is 11.3 Å². The maximum atomic E-state index is 13.6. The van der Waals surface area contributed by atoms with Crippen molar-refractivity contribution < 1.29 is 27.4 Å². The first kappa shape index (κ1) is 23.5. The van der Waals surface area contributed by atoms with E-state index in [1.54, 1.807) is 32.1 Å². The summed E-state index contributed by atoms with van der Waals surface area (Å²) >= 11 is 1.12. The number of fused-ring (bicyclic) bond motifs is 1. The number of halogens is 3. The second-order valence-electron chi connectivity index (χ2n) is 7.30. The highest BCUT2D eigenvalue weighted by Gasteiger charge is 2.33. The number of ether oxygens (including phenoxy) is 2. The molecule has 0 fully saturated rings. The van der Waals surface area contributed by atoms with Gasteiger partial charge in [-0.2, -0.15) is 8.78 Å². The molecule has 2 heterocycles. The standard InChI is InChI=1S/C24H19F3N2O4S/c1-3-32-22(31)19-13(2)28-24-29(20(19)15-6-8-16(25)9-7-15)21(30)18(34-24)12-14-4-10-17(11-5-14)33-23(26)27/h4-12,20,23H,3H2,1-2H3/b18-12+/t20-/m0/s1. The van der Waals surface area contributed by atoms with Crippen LogP contribution in [-0.4, -0.2) is 23.8 Å². The van der Waals surface area contributed by atoms with E-state index in [0.29, 0.717) is 26.2 Å². The van der Waals surface area contributed by atoms with Gasteiger partial charge in [0.1, 0.15) is 11.6 Å². The number of aromatic nitrogens is 1. The lowest BCUT2D eigenvalue weighted by Gasteiger charge is -2.24. The fourth-order valence-corrected chi connectivity index (χ4v) is 4.70. The summed E-state index contributed by atoms with van der Waals surface area (Å²) in [5.41, 5.74) is 1.31. The maximum absolute atomic E-state index is 13.6. The normalized spacial score (nSPS) is 15.8. The van der Waals surface area contributed by atoms with Crippen LogP contribution in [0.1, 0.15) is 31.0 Å². The van der Waals surface area contributed by atoms with Crippen LogP contribution in [0.2, 0.25) is 0 Å². The van der Waals surface area contributed by atoms with Gasteiger partial charge in [0.05, 0.1) is 28.5 Å². The Morgan fingerprint density at radius 1 is 1.18 bits per heavy atom. The smallest absolute Gasteiger partial charge is 0.387 e. The zero-order valence-corrected chi connectivity index (χ0v) is 18.9. The summed E-state index contributed by atoms with van der Waals surface area (Å²) in [6.45, 7) is 0.536. The monoisotopic (exact) mass is 488 g/mol. The third kappa shape index (κ3) is 4.67. The van der Waals surface area contributed by atoms with Gasteiger partial charge in [-0.3, -0.25) is 9.36 Å². The number of alkyl halides is 2. The number of hydrogen-bond donors (Lipinski definition) is 0. The number of esters is 1. The highest BCUT2D eigenvalue weighted by molar-refractivity contribution is 7.07. The number of hydrogen-bond acceptors (Lipinski definition) is 6. The highest BCUT2D eigenvalue weighted by atomic mass is 32.1. The van der Waals surface area contributed by atoms with Crippen molar-refractivity contribution in [2.24, 2.45) is 4.99 Å². The van der Waals surface area contributed by atoms with Crippen LogP contribution in [0.15, 0.2) is 69.6 Å². The van der Waals surface area contributed by atoms with Gasteiger partial charge in [0.25, 0.3) is 5.56 Å². The Bertz CT molecular complexity index is 1420. The van der Waals surface area contributed by atoms with Crippen LogP contribution in [0.3, 0.4) is 0 Å². The molecule has 4 rings (SSSR count). The number of carbonyl (C=O) groups excluding carboxylic acids is 1. The lowest BCUT2D eigenvalue weighted by molar-refractivity contribution is -0.139. The molecule has 0 saturated heterocycles. The molecule has 1 atom stereocenters. The second kappa shape index (κ2) is 9.68. The van der Waals surface area contributed by atoms with E-state index < -0.39 is 30.0 Å². The van der Waals surface area contributed by atoms with E-state index in [9.17, 15) is 22.8 Å². The van der Waals surface area contributed by atoms with Gasteiger partial charge in [0, 0.05) is 0 Å². The highest BCUT2D eigenvalue weighted by Crippen LogP contribution is 2.30. The number of carbonyl (C=O) groups is 1. The molecule has 1 aliphatic rings. The third-order valence-electron chi connectivity index (χ3n) is 5.11. The minimum Gasteiger partial charge on any atom is -0.463 e. The molecule has 2 aromatic carbocycles. The molecule has 0 aliphatic carbocycles. The average Bonchev–Trinajstić information content (AvgIpc) is 3.09. The van der Waals surface area contributed by atoms with Crippen LogP contribution in [0.4, 0.5) is 13.2 Å². The molecule has 0 unspecified atom stereocenters. The molecule has 34 heavy (non-hydrogen) atoms. The zero-order valence-electron chi connectivity index (χ0n) is 18.1. The number of benzene rings is 2. The quantitative estimate of drug-likeness (QED) is 0.498. The van der Waals surface area contributed by atoms with Gasteiger partial charge in [-0.25, -0.2) is 14.2 Å². The SMILES string of the molecule is CCOC(=O)C1=C(C)N=c2s/c(=C/c3ccc(OC(F)F)cc3)c(=O)n2[C@H]1c1ccc(F)cc1. The Kier molecular flexibility index (Phi) is 6.69. The van der Waals surface area contributed by atoms with Crippen molar-refractivity contribution in [1.29, 1.82) is 0 Å². The Labute approximate surface area is 195 Å². The van der Waals surface area contributed by atoms with E-state index in [1.807, 2.05) is 0 Å². The van der Waals surface area contributed by atoms with Crippen molar-refractivity contribution in [2.45, 2.75) is 26.5 Å². The van der Waals surface area contributed by atoms with Crippen molar-refractivity contribution in [2.75, 3.05) is 6.61 Å². The van der Waals surface area contributed by atoms with Crippen molar-refractivity contribution in [3.05, 3.63) is 96.4 Å². The summed E-state index contributed by atoms with van der Waals surface area (Å²) < 4.78 is 49.6. The number of rotatable bonds is 6. The molecular formula is C24H19F3N2O4S. The minimum atomic E-state index is -2.93. The topological polar surface area (TPSA) is 69.9 Å². The van der Waals surface area contributed by atoms with E-state index in [2.05, 4.69) is 9.73 Å². The molecule has 6 nitrogen and oxygen atoms in total. The molecule has 0 spiro atoms. The van der Waals surface area contributed by atoms with Crippen LogP contribution in [0.5, 0.6) is 5.75 Å². The van der Waals surface area contributed by atoms with E-state index in [1.165, 1.54) is 41.0 Å². The first-order valence-electron chi connectivity index (χ1n) is 10.3. The summed E-state index contributed by atoms with van der Waals surface area (Å²) in [5.74, 6) is -1.06. The lowest BCUT2D eigenvalue weighted by atomic mass is 9.96. The molecule has 176 valence electrons. The lowest BCUT2D eigenvalue weighted by Crippen LogP contribution is -2.39. The molecule has 0 bridgehead atoms. The summed E-state index contributed by atoms with van der Waals surface area (Å²) in [6.07, 6.45) is 1.60. The van der Waals surface area contributed by atoms with E-state index in [0.717, 1.165) is 11.3 Å². The molecule has 1 aromatic heterocycles. The molecule has 10 heteroatoms. The predicted octanol–water partition coefficient (Wildman–Crippen LogP) is 3.54. The summed E-state index contributed by atoms with van der Waals surface area (Å²) in [4.78, 5) is 31.0. The van der Waals surface area contributed by atoms with Crippen molar-refractivity contribution in [3.8, 4) is 5.75 Å². The van der Waals surface area contributed by atoms with Crippen LogP contribution in [0, 0.1) is 5.82 Å². The Balaban J connectivity index is 1.85. The zero-order chi connectivity index (χ0) is 24.4. The van der Waals surface area contributed by atoms with Crippen molar-refractivity contribution in [3.63, 3.8) is 0 Å². The molecule has 1 aliphatic heterocycles. The predicted molar refractivity (Wildman–Crippen MR) is 120 cm³/mol. The summed E-state index contributed by atoms with van der Waals surface area (Å²) in [5, 5.41) is 0. The Morgan fingerprint density at radius 3 is 2.47 bits per heavy atom. The first-order chi connectivity index (χ1) is 16.3. The van der Waals surface area contributed by atoms with E-state index in [-0.39, 0.29) is 17.9 Å². The Morgan fingerprint density at radius 2 is 1.85 bits per heavy atom. The van der Waals surface area contributed by atoms with Crippen molar-refractivity contribution in [1.82, 2.24) is 4.57 Å². The van der Waals surface area contributed by atoms with E-state index in [4.69, 9.17) is 4.74 Å². The van der Waals surface area contributed by atoms with Crippen LogP contribution in [0.25, 0.3) is 6.08 Å². The number of allylic oxidation sites excluding steroid dienone is 1. The molecule has 0 radical (unpaired) electrons. The molecular weight excluding hydrogens is 469 g/mol. The summed E-state index contributed by atoms with van der Waals surface area (Å²) in [6, 6.07) is 10.5. The molecule has 0 amide bonds. The first-order valence-corrected chi connectivity index (χ1v) is 11.1. The van der Waals surface area contributed by atoms with Gasteiger partial charge in [0.2, 0.25) is 0 Å². The average molecular weight is 488 g/mol. The van der Waals surface area contributed by atoms with Gasteiger partial charge in [0.15, 0.2) is 4.80 Å².